The third-order valence-electron chi connectivity index (χ3n) is 6.73. The fourth-order valence-electron chi connectivity index (χ4n) is 5.05. The van der Waals surface area contributed by atoms with Crippen molar-refractivity contribution in [2.24, 2.45) is 5.92 Å². The van der Waals surface area contributed by atoms with E-state index in [2.05, 4.69) is 12.1 Å². The van der Waals surface area contributed by atoms with Crippen LogP contribution in [0.1, 0.15) is 37.7 Å². The molecule has 0 aliphatic carbocycles. The molecule has 4 rings (SSSR count). The van der Waals surface area contributed by atoms with Gasteiger partial charge in [0, 0.05) is 51.2 Å². The van der Waals surface area contributed by atoms with Crippen LogP contribution < -0.4 is 0 Å². The number of hydrogen-bond donors (Lipinski definition) is 0. The van der Waals surface area contributed by atoms with Crippen LogP contribution in [-0.4, -0.2) is 67.2 Å². The van der Waals surface area contributed by atoms with E-state index in [4.69, 9.17) is 4.74 Å². The Balaban J connectivity index is 1.45. The maximum Gasteiger partial charge on any atom is 0.233 e. The lowest BCUT2D eigenvalue weighted by Gasteiger charge is -2.43. The van der Waals surface area contributed by atoms with Crippen molar-refractivity contribution in [3.8, 4) is 0 Å². The number of ether oxygens (including phenoxy) is 1. The van der Waals surface area contributed by atoms with Crippen LogP contribution in [0.3, 0.4) is 0 Å². The van der Waals surface area contributed by atoms with Crippen LogP contribution in [0.2, 0.25) is 0 Å². The number of likely N-dealkylation sites (tertiary alicyclic amines) is 2. The number of carbonyl (C=O) groups is 2. The van der Waals surface area contributed by atoms with Crippen LogP contribution in [0.4, 0.5) is 4.39 Å². The van der Waals surface area contributed by atoms with E-state index in [0.717, 1.165) is 18.4 Å². The molecule has 0 radical (unpaired) electrons. The Kier molecular flexibility index (Phi) is 5.67. The summed E-state index contributed by atoms with van der Waals surface area (Å²) in [5.74, 6) is 0.100. The Bertz CT molecular complexity index is 697. The van der Waals surface area contributed by atoms with Crippen molar-refractivity contribution >= 4 is 11.8 Å². The second-order valence-electron chi connectivity index (χ2n) is 8.35. The summed E-state index contributed by atoms with van der Waals surface area (Å²) in [5.41, 5.74) is 0.570. The van der Waals surface area contributed by atoms with Gasteiger partial charge in [-0.15, -0.1) is 0 Å². The van der Waals surface area contributed by atoms with Gasteiger partial charge < -0.3 is 14.5 Å². The first-order valence-electron chi connectivity index (χ1n) is 10.4. The molecule has 3 saturated heterocycles. The zero-order valence-corrected chi connectivity index (χ0v) is 16.3. The summed E-state index contributed by atoms with van der Waals surface area (Å²) in [4.78, 5) is 29.6. The molecule has 3 fully saturated rings. The van der Waals surface area contributed by atoms with E-state index in [1.165, 1.54) is 0 Å². The third kappa shape index (κ3) is 3.54. The minimum absolute atomic E-state index is 0.0672. The van der Waals surface area contributed by atoms with E-state index in [1.807, 2.05) is 28.0 Å². The zero-order chi connectivity index (χ0) is 19.6. The molecular formula is C22H29FN2O3. The molecule has 6 heteroatoms. The second-order valence-corrected chi connectivity index (χ2v) is 8.35. The molecule has 0 bridgehead atoms. The largest absolute Gasteiger partial charge is 0.381 e. The zero-order valence-electron chi connectivity index (χ0n) is 16.3. The highest BCUT2D eigenvalue weighted by atomic mass is 19.1. The smallest absolute Gasteiger partial charge is 0.233 e. The molecule has 0 N–H and O–H groups in total. The summed E-state index contributed by atoms with van der Waals surface area (Å²) in [5, 5.41) is 0. The normalized spacial score (nSPS) is 25.9. The molecule has 3 aliphatic rings. The molecule has 0 aromatic heterocycles. The van der Waals surface area contributed by atoms with Gasteiger partial charge in [0.2, 0.25) is 11.8 Å². The maximum atomic E-state index is 13.6. The molecular weight excluding hydrogens is 359 g/mol. The first-order chi connectivity index (χ1) is 13.6. The number of benzene rings is 1. The summed E-state index contributed by atoms with van der Waals surface area (Å²) in [6.45, 7) is 2.61. The van der Waals surface area contributed by atoms with Gasteiger partial charge in [-0.2, -0.15) is 0 Å². The van der Waals surface area contributed by atoms with Crippen LogP contribution in [-0.2, 0) is 19.7 Å². The van der Waals surface area contributed by atoms with Crippen molar-refractivity contribution in [1.29, 1.82) is 0 Å². The van der Waals surface area contributed by atoms with Crippen molar-refractivity contribution in [2.75, 3.05) is 39.5 Å². The molecule has 1 unspecified atom stereocenters. The Hall–Kier alpha value is -1.95. The number of rotatable bonds is 4. The van der Waals surface area contributed by atoms with Crippen LogP contribution >= 0.6 is 0 Å². The highest BCUT2D eigenvalue weighted by Gasteiger charge is 2.45. The lowest BCUT2D eigenvalue weighted by Crippen LogP contribution is -2.54. The Morgan fingerprint density at radius 1 is 1.14 bits per heavy atom. The number of carbonyl (C=O) groups excluding carboxylic acids is 2. The molecule has 0 saturated carbocycles. The third-order valence-corrected chi connectivity index (χ3v) is 6.73. The molecule has 3 aliphatic heterocycles. The predicted octanol–water partition coefficient (Wildman–Crippen LogP) is 2.54. The molecule has 5 nitrogen and oxygen atoms in total. The predicted molar refractivity (Wildman–Crippen MR) is 104 cm³/mol. The van der Waals surface area contributed by atoms with Crippen LogP contribution in [0.5, 0.6) is 0 Å². The average Bonchev–Trinajstić information content (AvgIpc) is 3.15. The summed E-state index contributed by atoms with van der Waals surface area (Å²) in [7, 11) is 0. The first-order valence-corrected chi connectivity index (χ1v) is 10.4. The highest BCUT2D eigenvalue weighted by Crippen LogP contribution is 2.38. The summed E-state index contributed by atoms with van der Waals surface area (Å²) < 4.78 is 18.5. The maximum absolute atomic E-state index is 13.6. The van der Waals surface area contributed by atoms with Crippen LogP contribution in [0, 0.1) is 5.92 Å². The van der Waals surface area contributed by atoms with E-state index in [1.54, 1.807) is 0 Å². The molecule has 152 valence electrons. The number of amides is 2. The van der Waals surface area contributed by atoms with Gasteiger partial charge in [0.05, 0.1) is 12.1 Å². The van der Waals surface area contributed by atoms with Crippen molar-refractivity contribution in [3.05, 3.63) is 35.9 Å². The molecule has 1 aromatic rings. The summed E-state index contributed by atoms with van der Waals surface area (Å²) >= 11 is 0. The van der Waals surface area contributed by atoms with E-state index in [9.17, 15) is 14.0 Å². The van der Waals surface area contributed by atoms with Gasteiger partial charge in [-0.05, 0) is 31.2 Å². The van der Waals surface area contributed by atoms with Gasteiger partial charge in [-0.25, -0.2) is 0 Å². The standard InChI is InChI=1S/C22H29FN2O3/c23-15-17-14-20(26)25(16-17)19-6-10-24(11-7-19)21(27)22(8-12-28-13-9-22)18-4-2-1-3-5-18/h1-5,17,19H,6-16H2. The number of hydrogen-bond acceptors (Lipinski definition) is 3. The monoisotopic (exact) mass is 388 g/mol. The number of piperidine rings is 1. The van der Waals surface area contributed by atoms with Crippen LogP contribution in [0.25, 0.3) is 0 Å². The Morgan fingerprint density at radius 3 is 2.43 bits per heavy atom. The number of nitrogens with zero attached hydrogens (tertiary/aromatic N) is 2. The quantitative estimate of drug-likeness (QED) is 0.797. The lowest BCUT2D eigenvalue weighted by molar-refractivity contribution is -0.143. The fourth-order valence-corrected chi connectivity index (χ4v) is 5.05. The number of alkyl halides is 1. The molecule has 1 aromatic carbocycles. The van der Waals surface area contributed by atoms with Gasteiger partial charge in [-0.3, -0.25) is 14.0 Å². The Morgan fingerprint density at radius 2 is 1.82 bits per heavy atom. The van der Waals surface area contributed by atoms with Gasteiger partial charge in [0.25, 0.3) is 0 Å². The van der Waals surface area contributed by atoms with Gasteiger partial charge in [0.15, 0.2) is 0 Å². The molecule has 28 heavy (non-hydrogen) atoms. The highest BCUT2D eigenvalue weighted by molar-refractivity contribution is 5.88. The first kappa shape index (κ1) is 19.4. The van der Waals surface area contributed by atoms with E-state index in [0.29, 0.717) is 52.1 Å². The van der Waals surface area contributed by atoms with Crippen molar-refractivity contribution in [1.82, 2.24) is 9.80 Å². The van der Waals surface area contributed by atoms with Crippen molar-refractivity contribution in [3.63, 3.8) is 0 Å². The fraction of sp³-hybridized carbons (Fsp3) is 0.636. The minimum Gasteiger partial charge on any atom is -0.381 e. The molecule has 2 amide bonds. The van der Waals surface area contributed by atoms with Gasteiger partial charge in [-0.1, -0.05) is 30.3 Å². The topological polar surface area (TPSA) is 49.9 Å². The van der Waals surface area contributed by atoms with Gasteiger partial charge >= 0.3 is 0 Å². The molecule has 3 heterocycles. The second kappa shape index (κ2) is 8.19. The summed E-state index contributed by atoms with van der Waals surface area (Å²) in [6, 6.07) is 10.2. The minimum atomic E-state index is -0.505. The van der Waals surface area contributed by atoms with Crippen molar-refractivity contribution in [2.45, 2.75) is 43.6 Å². The van der Waals surface area contributed by atoms with E-state index >= 15 is 0 Å². The van der Waals surface area contributed by atoms with E-state index in [-0.39, 0.29) is 23.8 Å². The number of halogens is 1. The average molecular weight is 388 g/mol. The van der Waals surface area contributed by atoms with E-state index < -0.39 is 12.1 Å². The van der Waals surface area contributed by atoms with Crippen molar-refractivity contribution < 1.29 is 18.7 Å². The molecule has 0 spiro atoms. The van der Waals surface area contributed by atoms with Gasteiger partial charge in [0.1, 0.15) is 0 Å². The van der Waals surface area contributed by atoms with Crippen LogP contribution in [0.15, 0.2) is 30.3 Å². The Labute approximate surface area is 165 Å². The SMILES string of the molecule is O=C1CC(CF)CN1C1CCN(C(=O)C2(c3ccccc3)CCOCC2)CC1. The lowest BCUT2D eigenvalue weighted by atomic mass is 9.72. The molecule has 1 atom stereocenters. The summed E-state index contributed by atoms with van der Waals surface area (Å²) in [6.07, 6.45) is 3.29.